The topological polar surface area (TPSA) is 145 Å². The van der Waals surface area contributed by atoms with Gasteiger partial charge in [0.25, 0.3) is 0 Å². The largest absolute Gasteiger partial charge is 0.378 e. The summed E-state index contributed by atoms with van der Waals surface area (Å²) in [5, 5.41) is 8.71. The zero-order valence-electron chi connectivity index (χ0n) is 20.7. The van der Waals surface area contributed by atoms with Crippen LogP contribution in [-0.2, 0) is 14.3 Å². The molecule has 36 heavy (non-hydrogen) atoms. The van der Waals surface area contributed by atoms with Crippen molar-refractivity contribution >= 4 is 23.2 Å². The minimum atomic E-state index is -1.32. The number of halogens is 1. The van der Waals surface area contributed by atoms with E-state index >= 15 is 0 Å². The quantitative estimate of drug-likeness (QED) is 0.414. The summed E-state index contributed by atoms with van der Waals surface area (Å²) in [5.74, 6) is -1.41. The molecule has 0 aliphatic carbocycles. The number of amides is 2. The predicted octanol–water partition coefficient (Wildman–Crippen LogP) is -0.0397. The molecule has 3 aliphatic heterocycles. The molecule has 4 atom stereocenters. The molecular weight excluding hydrogens is 471 g/mol. The molecule has 4 unspecified atom stereocenters. The summed E-state index contributed by atoms with van der Waals surface area (Å²) in [6.07, 6.45) is 1.67. The van der Waals surface area contributed by atoms with Gasteiger partial charge in [-0.15, -0.1) is 4.91 Å². The van der Waals surface area contributed by atoms with Crippen LogP contribution in [0.2, 0.25) is 0 Å². The second kappa shape index (κ2) is 11.5. The van der Waals surface area contributed by atoms with Crippen molar-refractivity contribution in [1.82, 2.24) is 20.1 Å². The normalized spacial score (nSPS) is 25.7. The van der Waals surface area contributed by atoms with Crippen molar-refractivity contribution in [3.05, 3.63) is 23.4 Å². The van der Waals surface area contributed by atoms with Gasteiger partial charge in [0.05, 0.1) is 29.8 Å². The molecule has 198 valence electrons. The van der Waals surface area contributed by atoms with Crippen LogP contribution in [0, 0.1) is 16.7 Å². The van der Waals surface area contributed by atoms with E-state index < -0.39 is 30.3 Å². The molecule has 4 heterocycles. The van der Waals surface area contributed by atoms with Gasteiger partial charge in [-0.05, 0) is 26.0 Å². The van der Waals surface area contributed by atoms with Crippen LogP contribution in [0.1, 0.15) is 12.8 Å². The monoisotopic (exact) mass is 506 g/mol. The summed E-state index contributed by atoms with van der Waals surface area (Å²) in [6.45, 7) is 2.75. The molecule has 0 spiro atoms. The van der Waals surface area contributed by atoms with Crippen LogP contribution in [0.25, 0.3) is 0 Å². The van der Waals surface area contributed by atoms with E-state index in [2.05, 4.69) is 25.7 Å². The Labute approximate surface area is 209 Å². The van der Waals surface area contributed by atoms with Crippen LogP contribution < -0.4 is 21.3 Å². The number of anilines is 2. The van der Waals surface area contributed by atoms with Gasteiger partial charge in [0.1, 0.15) is 12.1 Å². The van der Waals surface area contributed by atoms with Gasteiger partial charge in [-0.1, -0.05) is 5.18 Å². The standard InChI is InChI=1S/C23H35FN8O4/c1-30-11-15(24)9-27-21(30)19(20(25)29-35)22(33)28-17-10-26-6-3-18(17)31-7-4-14(5-8-31)23(34)32-12-16(13-32)36-2/h3,6,10,14-16,19-21,27H,4-5,7-9,11-13,25H2,1-2H3,(H,28,33). The van der Waals surface area contributed by atoms with E-state index in [9.17, 15) is 18.9 Å². The van der Waals surface area contributed by atoms with Crippen molar-refractivity contribution in [1.29, 1.82) is 0 Å². The average molecular weight is 507 g/mol. The zero-order valence-corrected chi connectivity index (χ0v) is 20.7. The second-order valence-corrected chi connectivity index (χ2v) is 9.76. The Kier molecular flexibility index (Phi) is 8.44. The third-order valence-electron chi connectivity index (χ3n) is 7.38. The molecule has 0 bridgehead atoms. The molecule has 2 amide bonds. The van der Waals surface area contributed by atoms with Gasteiger partial charge in [-0.25, -0.2) is 4.39 Å². The lowest BCUT2D eigenvalue weighted by Crippen LogP contribution is -2.62. The molecule has 1 aromatic heterocycles. The maximum absolute atomic E-state index is 13.8. The maximum Gasteiger partial charge on any atom is 0.234 e. The van der Waals surface area contributed by atoms with Crippen molar-refractivity contribution in [2.75, 3.05) is 63.6 Å². The van der Waals surface area contributed by atoms with Crippen LogP contribution >= 0.6 is 0 Å². The summed E-state index contributed by atoms with van der Waals surface area (Å²) in [4.78, 5) is 47.1. The molecule has 4 N–H and O–H groups in total. The highest BCUT2D eigenvalue weighted by molar-refractivity contribution is 5.96. The highest BCUT2D eigenvalue weighted by Crippen LogP contribution is 2.31. The molecular formula is C23H35FN8O4. The van der Waals surface area contributed by atoms with Gasteiger partial charge in [-0.2, -0.15) is 0 Å². The first-order valence-electron chi connectivity index (χ1n) is 12.3. The fourth-order valence-electron chi connectivity index (χ4n) is 5.21. The molecule has 0 radical (unpaired) electrons. The Morgan fingerprint density at radius 3 is 2.67 bits per heavy atom. The Morgan fingerprint density at radius 1 is 1.31 bits per heavy atom. The summed E-state index contributed by atoms with van der Waals surface area (Å²) in [5.41, 5.74) is 7.16. The second-order valence-electron chi connectivity index (χ2n) is 9.76. The molecule has 1 aromatic rings. The number of carbonyl (C=O) groups is 2. The predicted molar refractivity (Wildman–Crippen MR) is 132 cm³/mol. The van der Waals surface area contributed by atoms with Crippen molar-refractivity contribution in [3.8, 4) is 0 Å². The van der Waals surface area contributed by atoms with Gasteiger partial charge in [-0.3, -0.25) is 24.8 Å². The van der Waals surface area contributed by atoms with E-state index in [0.29, 0.717) is 44.7 Å². The molecule has 12 nitrogen and oxygen atoms in total. The Morgan fingerprint density at radius 2 is 2.03 bits per heavy atom. The summed E-state index contributed by atoms with van der Waals surface area (Å²) in [6, 6.07) is 1.81. The van der Waals surface area contributed by atoms with Gasteiger partial charge >= 0.3 is 0 Å². The number of nitrogens with one attached hydrogen (secondary N) is 2. The molecule has 3 fully saturated rings. The van der Waals surface area contributed by atoms with E-state index in [1.54, 1.807) is 31.5 Å². The van der Waals surface area contributed by atoms with Crippen molar-refractivity contribution in [2.24, 2.45) is 22.7 Å². The number of likely N-dealkylation sites (tertiary alicyclic amines) is 1. The number of pyridine rings is 1. The number of alkyl halides is 1. The molecule has 3 aliphatic rings. The SMILES string of the molecule is COC1CN(C(=O)C2CCN(c3ccncc3NC(=O)C(C(N)N=O)C3NCC(F)CN3C)CC2)C1. The number of rotatable bonds is 8. The number of carbonyl (C=O) groups excluding carboxylic acids is 2. The molecule has 3 saturated heterocycles. The van der Waals surface area contributed by atoms with Crippen LogP contribution in [0.3, 0.4) is 0 Å². The Hall–Kier alpha value is -2.74. The minimum absolute atomic E-state index is 0.0350. The average Bonchev–Trinajstić information content (AvgIpc) is 2.85. The molecule has 0 saturated carbocycles. The van der Waals surface area contributed by atoms with E-state index in [1.165, 1.54) is 0 Å². The maximum atomic E-state index is 13.8. The van der Waals surface area contributed by atoms with Crippen LogP contribution in [0.15, 0.2) is 23.6 Å². The van der Waals surface area contributed by atoms with Crippen molar-refractivity contribution in [2.45, 2.75) is 37.4 Å². The first-order valence-corrected chi connectivity index (χ1v) is 12.3. The number of nitrogens with two attached hydrogens (primary N) is 1. The number of nitrogens with zero attached hydrogens (tertiary/aromatic N) is 5. The highest BCUT2D eigenvalue weighted by Gasteiger charge is 2.40. The highest BCUT2D eigenvalue weighted by atomic mass is 19.1. The van der Waals surface area contributed by atoms with Crippen molar-refractivity contribution in [3.63, 3.8) is 0 Å². The summed E-state index contributed by atoms with van der Waals surface area (Å²) >= 11 is 0. The van der Waals surface area contributed by atoms with Crippen molar-refractivity contribution < 1.29 is 18.7 Å². The van der Waals surface area contributed by atoms with E-state index in [0.717, 1.165) is 5.69 Å². The Balaban J connectivity index is 1.41. The van der Waals surface area contributed by atoms with Gasteiger partial charge < -0.3 is 25.6 Å². The fourth-order valence-corrected chi connectivity index (χ4v) is 5.21. The third kappa shape index (κ3) is 5.64. The number of piperidine rings is 1. The number of aromatic nitrogens is 1. The van der Waals surface area contributed by atoms with Gasteiger partial charge in [0.2, 0.25) is 11.8 Å². The summed E-state index contributed by atoms with van der Waals surface area (Å²) in [7, 11) is 3.32. The zero-order chi connectivity index (χ0) is 25.8. The van der Waals surface area contributed by atoms with Crippen LogP contribution in [0.5, 0.6) is 0 Å². The van der Waals surface area contributed by atoms with E-state index in [1.807, 2.05) is 11.0 Å². The molecule has 0 aromatic carbocycles. The number of hydrogen-bond donors (Lipinski definition) is 3. The first-order chi connectivity index (χ1) is 17.3. The fraction of sp³-hybridized carbons (Fsp3) is 0.696. The van der Waals surface area contributed by atoms with Gasteiger partial charge in [0.15, 0.2) is 6.17 Å². The summed E-state index contributed by atoms with van der Waals surface area (Å²) < 4.78 is 19.0. The number of methoxy groups -OCH3 is 1. The van der Waals surface area contributed by atoms with Crippen LogP contribution in [-0.4, -0.2) is 105 Å². The first kappa shape index (κ1) is 26.3. The Bertz CT molecular complexity index is 940. The lowest BCUT2D eigenvalue weighted by Gasteiger charge is -2.42. The number of nitroso groups, excluding NO2 is 1. The van der Waals surface area contributed by atoms with Gasteiger partial charge in [0, 0.05) is 58.5 Å². The lowest BCUT2D eigenvalue weighted by molar-refractivity contribution is -0.148. The smallest absolute Gasteiger partial charge is 0.234 e. The number of hydrogen-bond acceptors (Lipinski definition) is 10. The van der Waals surface area contributed by atoms with E-state index in [-0.39, 0.29) is 31.0 Å². The number of ether oxygens (including phenoxy) is 1. The third-order valence-corrected chi connectivity index (χ3v) is 7.38. The molecule has 13 heteroatoms. The van der Waals surface area contributed by atoms with E-state index in [4.69, 9.17) is 10.5 Å². The molecule has 4 rings (SSSR count). The lowest BCUT2D eigenvalue weighted by atomic mass is 9.93. The van der Waals surface area contributed by atoms with Crippen LogP contribution in [0.4, 0.5) is 15.8 Å². The minimum Gasteiger partial charge on any atom is -0.378 e.